The lowest BCUT2D eigenvalue weighted by molar-refractivity contribution is 0.0490. The fraction of sp³-hybridized carbons (Fsp3) is 1.00. The van der Waals surface area contributed by atoms with Gasteiger partial charge in [0.2, 0.25) is 0 Å². The molecule has 0 spiro atoms. The lowest BCUT2D eigenvalue weighted by Gasteiger charge is -2.36. The molecule has 0 saturated heterocycles. The maximum atomic E-state index is 5.54. The third kappa shape index (κ3) is 2.44. The summed E-state index contributed by atoms with van der Waals surface area (Å²) in [4.78, 5) is 2.37. The molecule has 1 aliphatic rings. The molecule has 0 aromatic carbocycles. The smallest absolute Gasteiger partial charge is 0.0820 e. The monoisotopic (exact) mass is 172 g/mol. The van der Waals surface area contributed by atoms with Crippen LogP contribution in [-0.2, 0) is 4.74 Å². The minimum absolute atomic E-state index is 0.204. The number of likely N-dealkylation sites (N-methyl/N-ethyl adjacent to an activating group) is 1. The summed E-state index contributed by atoms with van der Waals surface area (Å²) in [5.41, 5.74) is 5.54. The van der Waals surface area contributed by atoms with Crippen LogP contribution in [0.15, 0.2) is 0 Å². The Labute approximate surface area is 74.9 Å². The Morgan fingerprint density at radius 3 is 2.58 bits per heavy atom. The molecule has 1 rings (SSSR count). The van der Waals surface area contributed by atoms with Gasteiger partial charge in [-0.15, -0.1) is 0 Å². The molecule has 1 aliphatic carbocycles. The van der Waals surface area contributed by atoms with E-state index in [0.29, 0.717) is 6.54 Å². The zero-order chi connectivity index (χ0) is 8.97. The number of nitrogens with zero attached hydrogens (tertiary/aromatic N) is 1. The van der Waals surface area contributed by atoms with E-state index in [1.165, 1.54) is 19.3 Å². The van der Waals surface area contributed by atoms with Gasteiger partial charge in [-0.05, 0) is 19.9 Å². The molecule has 0 aromatic heterocycles. The van der Waals surface area contributed by atoms with Gasteiger partial charge in [0, 0.05) is 26.2 Å². The van der Waals surface area contributed by atoms with E-state index in [0.717, 1.165) is 12.6 Å². The minimum Gasteiger partial charge on any atom is -0.379 e. The van der Waals surface area contributed by atoms with Gasteiger partial charge in [-0.3, -0.25) is 0 Å². The molecular weight excluding hydrogens is 152 g/mol. The van der Waals surface area contributed by atoms with E-state index in [1.807, 2.05) is 0 Å². The molecule has 1 saturated carbocycles. The van der Waals surface area contributed by atoms with Crippen molar-refractivity contribution in [1.82, 2.24) is 4.90 Å². The maximum absolute atomic E-state index is 5.54. The Kier molecular flexibility index (Phi) is 3.98. The lowest BCUT2D eigenvalue weighted by atomic mass is 9.92. The van der Waals surface area contributed by atoms with E-state index >= 15 is 0 Å². The first kappa shape index (κ1) is 9.96. The number of rotatable bonds is 5. The van der Waals surface area contributed by atoms with Crippen molar-refractivity contribution in [3.63, 3.8) is 0 Å². The van der Waals surface area contributed by atoms with Crippen molar-refractivity contribution in [2.75, 3.05) is 27.2 Å². The third-order valence-corrected chi connectivity index (χ3v) is 2.79. The summed E-state index contributed by atoms with van der Waals surface area (Å²) in [5.74, 6) is 0. The molecule has 0 aliphatic heterocycles. The molecular formula is C9H20N2O. The van der Waals surface area contributed by atoms with Crippen LogP contribution in [0.5, 0.6) is 0 Å². The van der Waals surface area contributed by atoms with E-state index in [-0.39, 0.29) is 6.10 Å². The molecule has 3 nitrogen and oxygen atoms in total. The predicted molar refractivity (Wildman–Crippen MR) is 50.1 cm³/mol. The summed E-state index contributed by atoms with van der Waals surface area (Å²) < 4.78 is 5.22. The molecule has 0 bridgehead atoms. The number of methoxy groups -OCH3 is 1. The Bertz CT molecular complexity index is 122. The van der Waals surface area contributed by atoms with Crippen LogP contribution in [-0.4, -0.2) is 44.3 Å². The molecule has 12 heavy (non-hydrogen) atoms. The van der Waals surface area contributed by atoms with Crippen molar-refractivity contribution in [2.45, 2.75) is 31.4 Å². The molecule has 0 heterocycles. The number of hydrogen-bond acceptors (Lipinski definition) is 3. The average Bonchev–Trinajstić information content (AvgIpc) is 1.96. The number of hydrogen-bond donors (Lipinski definition) is 1. The van der Waals surface area contributed by atoms with Gasteiger partial charge in [0.1, 0.15) is 0 Å². The standard InChI is InChI=1S/C9H20N2O/c1-11(8-4-3-5-8)7-9(6-10)12-2/h8-9H,3-7,10H2,1-2H3. The van der Waals surface area contributed by atoms with Crippen LogP contribution in [0.2, 0.25) is 0 Å². The van der Waals surface area contributed by atoms with Gasteiger partial charge in [0.15, 0.2) is 0 Å². The van der Waals surface area contributed by atoms with Crippen LogP contribution in [0.4, 0.5) is 0 Å². The second-order valence-electron chi connectivity index (χ2n) is 3.62. The Morgan fingerprint density at radius 2 is 2.25 bits per heavy atom. The van der Waals surface area contributed by atoms with Crippen molar-refractivity contribution in [1.29, 1.82) is 0 Å². The minimum atomic E-state index is 0.204. The van der Waals surface area contributed by atoms with E-state index < -0.39 is 0 Å². The molecule has 1 fully saturated rings. The van der Waals surface area contributed by atoms with Crippen molar-refractivity contribution in [3.05, 3.63) is 0 Å². The van der Waals surface area contributed by atoms with E-state index in [9.17, 15) is 0 Å². The highest BCUT2D eigenvalue weighted by atomic mass is 16.5. The summed E-state index contributed by atoms with van der Waals surface area (Å²) in [6, 6.07) is 0.786. The van der Waals surface area contributed by atoms with Crippen molar-refractivity contribution in [3.8, 4) is 0 Å². The number of ether oxygens (including phenoxy) is 1. The summed E-state index contributed by atoms with van der Waals surface area (Å²) in [6.45, 7) is 1.59. The second-order valence-corrected chi connectivity index (χ2v) is 3.62. The highest BCUT2D eigenvalue weighted by Gasteiger charge is 2.23. The summed E-state index contributed by atoms with van der Waals surface area (Å²) in [6.07, 6.45) is 4.28. The highest BCUT2D eigenvalue weighted by molar-refractivity contribution is 4.79. The fourth-order valence-corrected chi connectivity index (χ4v) is 1.54. The Balaban J connectivity index is 2.18. The van der Waals surface area contributed by atoms with Crippen molar-refractivity contribution < 1.29 is 4.74 Å². The zero-order valence-corrected chi connectivity index (χ0v) is 8.12. The van der Waals surface area contributed by atoms with Crippen LogP contribution in [0.1, 0.15) is 19.3 Å². The third-order valence-electron chi connectivity index (χ3n) is 2.79. The lowest BCUT2D eigenvalue weighted by Crippen LogP contribution is -2.43. The van der Waals surface area contributed by atoms with Crippen LogP contribution in [0.25, 0.3) is 0 Å². The fourth-order valence-electron chi connectivity index (χ4n) is 1.54. The summed E-state index contributed by atoms with van der Waals surface area (Å²) in [7, 11) is 3.89. The van der Waals surface area contributed by atoms with E-state index in [2.05, 4.69) is 11.9 Å². The van der Waals surface area contributed by atoms with Crippen LogP contribution in [0.3, 0.4) is 0 Å². The van der Waals surface area contributed by atoms with Gasteiger partial charge < -0.3 is 15.4 Å². The first-order valence-corrected chi connectivity index (χ1v) is 4.71. The van der Waals surface area contributed by atoms with Crippen molar-refractivity contribution in [2.24, 2.45) is 5.73 Å². The number of nitrogens with two attached hydrogens (primary N) is 1. The highest BCUT2D eigenvalue weighted by Crippen LogP contribution is 2.23. The second kappa shape index (κ2) is 4.80. The SMILES string of the molecule is COC(CN)CN(C)C1CCC1. The maximum Gasteiger partial charge on any atom is 0.0820 e. The Hall–Kier alpha value is -0.120. The Morgan fingerprint density at radius 1 is 1.58 bits per heavy atom. The molecule has 0 amide bonds. The topological polar surface area (TPSA) is 38.5 Å². The molecule has 3 heteroatoms. The predicted octanol–water partition coefficient (Wildman–Crippen LogP) is 0.444. The molecule has 2 N–H and O–H groups in total. The first-order valence-electron chi connectivity index (χ1n) is 4.71. The van der Waals surface area contributed by atoms with Gasteiger partial charge in [0.25, 0.3) is 0 Å². The van der Waals surface area contributed by atoms with Gasteiger partial charge in [-0.1, -0.05) is 6.42 Å². The van der Waals surface area contributed by atoms with Crippen LogP contribution >= 0.6 is 0 Å². The van der Waals surface area contributed by atoms with Gasteiger partial charge in [0.05, 0.1) is 6.10 Å². The summed E-state index contributed by atoms with van der Waals surface area (Å²) >= 11 is 0. The zero-order valence-electron chi connectivity index (χ0n) is 8.12. The van der Waals surface area contributed by atoms with Gasteiger partial charge >= 0.3 is 0 Å². The first-order chi connectivity index (χ1) is 5.77. The van der Waals surface area contributed by atoms with Crippen molar-refractivity contribution >= 4 is 0 Å². The van der Waals surface area contributed by atoms with E-state index in [4.69, 9.17) is 10.5 Å². The molecule has 72 valence electrons. The molecule has 1 unspecified atom stereocenters. The quantitative estimate of drug-likeness (QED) is 0.654. The van der Waals surface area contributed by atoms with Gasteiger partial charge in [-0.25, -0.2) is 0 Å². The molecule has 0 radical (unpaired) electrons. The molecule has 1 atom stereocenters. The molecule has 0 aromatic rings. The van der Waals surface area contributed by atoms with E-state index in [1.54, 1.807) is 7.11 Å². The average molecular weight is 172 g/mol. The van der Waals surface area contributed by atoms with Crippen LogP contribution in [0, 0.1) is 0 Å². The summed E-state index contributed by atoms with van der Waals surface area (Å²) in [5, 5.41) is 0. The normalized spacial score (nSPS) is 21.0. The van der Waals surface area contributed by atoms with Crippen LogP contribution < -0.4 is 5.73 Å². The largest absolute Gasteiger partial charge is 0.379 e. The van der Waals surface area contributed by atoms with Gasteiger partial charge in [-0.2, -0.15) is 0 Å².